The lowest BCUT2D eigenvalue weighted by molar-refractivity contribution is 0.601. The molecule has 0 spiro atoms. The molecule has 19 heavy (non-hydrogen) atoms. The summed E-state index contributed by atoms with van der Waals surface area (Å²) in [5.41, 5.74) is 5.80. The standard InChI is InChI=1S/C9H9BrClN5O2S/c1-16-4-7(9(12)14-16)19(17,18)15-5-2-6(10)8(11)13-3-5/h2-4,15H,1H3,(H2,12,14). The first kappa shape index (κ1) is 14.1. The maximum atomic E-state index is 12.1. The number of nitrogens with zero attached hydrogens (tertiary/aromatic N) is 3. The third kappa shape index (κ3) is 2.99. The van der Waals surface area contributed by atoms with Crippen molar-refractivity contribution in [3.05, 3.63) is 28.1 Å². The Bertz CT molecular complexity index is 730. The highest BCUT2D eigenvalue weighted by molar-refractivity contribution is 9.10. The minimum atomic E-state index is -3.82. The number of hydrogen-bond donors (Lipinski definition) is 2. The monoisotopic (exact) mass is 365 g/mol. The summed E-state index contributed by atoms with van der Waals surface area (Å²) in [5, 5.41) is 4.02. The molecule has 0 aromatic carbocycles. The molecule has 10 heteroatoms. The van der Waals surface area contributed by atoms with E-state index in [1.165, 1.54) is 23.1 Å². The number of nitrogens with one attached hydrogen (secondary N) is 1. The molecule has 0 fully saturated rings. The van der Waals surface area contributed by atoms with Gasteiger partial charge in [0.25, 0.3) is 10.0 Å². The zero-order chi connectivity index (χ0) is 14.2. The summed E-state index contributed by atoms with van der Waals surface area (Å²) in [5.74, 6) is -0.0732. The molecular formula is C9H9BrClN5O2S. The third-order valence-corrected chi connectivity index (χ3v) is 4.69. The van der Waals surface area contributed by atoms with Gasteiger partial charge in [-0.05, 0) is 22.0 Å². The fourth-order valence-electron chi connectivity index (χ4n) is 1.38. The van der Waals surface area contributed by atoms with Gasteiger partial charge in [-0.15, -0.1) is 0 Å². The van der Waals surface area contributed by atoms with Gasteiger partial charge in [0.15, 0.2) is 5.82 Å². The Morgan fingerprint density at radius 3 is 2.74 bits per heavy atom. The van der Waals surface area contributed by atoms with Gasteiger partial charge in [0.2, 0.25) is 0 Å². The number of hydrogen-bond acceptors (Lipinski definition) is 5. The Hall–Kier alpha value is -1.32. The number of rotatable bonds is 3. The highest BCUT2D eigenvalue weighted by Crippen LogP contribution is 2.25. The maximum absolute atomic E-state index is 12.1. The van der Waals surface area contributed by atoms with Gasteiger partial charge in [0.05, 0.1) is 16.4 Å². The van der Waals surface area contributed by atoms with Crippen molar-refractivity contribution in [1.82, 2.24) is 14.8 Å². The number of nitrogens with two attached hydrogens (primary N) is 1. The lowest BCUT2D eigenvalue weighted by Gasteiger charge is -2.07. The number of sulfonamides is 1. The van der Waals surface area contributed by atoms with Crippen LogP contribution < -0.4 is 10.5 Å². The molecule has 2 aromatic heterocycles. The summed E-state index contributed by atoms with van der Waals surface area (Å²) in [6.07, 6.45) is 2.62. The molecule has 7 nitrogen and oxygen atoms in total. The molecule has 0 bridgehead atoms. The van der Waals surface area contributed by atoms with Crippen LogP contribution in [0, 0.1) is 0 Å². The first-order valence-electron chi connectivity index (χ1n) is 4.92. The van der Waals surface area contributed by atoms with Gasteiger partial charge in [-0.2, -0.15) is 5.10 Å². The Labute approximate surface area is 123 Å². The molecular weight excluding hydrogens is 358 g/mol. The van der Waals surface area contributed by atoms with Gasteiger partial charge in [-0.1, -0.05) is 11.6 Å². The van der Waals surface area contributed by atoms with Crippen LogP contribution >= 0.6 is 27.5 Å². The van der Waals surface area contributed by atoms with E-state index >= 15 is 0 Å². The molecule has 2 aromatic rings. The van der Waals surface area contributed by atoms with Gasteiger partial charge in [0.1, 0.15) is 10.0 Å². The highest BCUT2D eigenvalue weighted by atomic mass is 79.9. The van der Waals surface area contributed by atoms with Gasteiger partial charge >= 0.3 is 0 Å². The number of aromatic nitrogens is 3. The summed E-state index contributed by atoms with van der Waals surface area (Å²) in [4.78, 5) is 3.73. The van der Waals surface area contributed by atoms with E-state index in [2.05, 4.69) is 30.7 Å². The van der Waals surface area contributed by atoms with Crippen molar-refractivity contribution in [1.29, 1.82) is 0 Å². The van der Waals surface area contributed by atoms with Crippen LogP contribution in [0.15, 0.2) is 27.8 Å². The van der Waals surface area contributed by atoms with E-state index in [1.807, 2.05) is 0 Å². The quantitative estimate of drug-likeness (QED) is 0.803. The van der Waals surface area contributed by atoms with Crippen LogP contribution in [0.25, 0.3) is 0 Å². The van der Waals surface area contributed by atoms with Gasteiger partial charge in [0, 0.05) is 13.2 Å². The Balaban J connectivity index is 2.36. The fourth-order valence-corrected chi connectivity index (χ4v) is 2.97. The van der Waals surface area contributed by atoms with Crippen LogP contribution in [-0.4, -0.2) is 23.2 Å². The van der Waals surface area contributed by atoms with E-state index in [0.29, 0.717) is 4.47 Å². The van der Waals surface area contributed by atoms with Crippen molar-refractivity contribution >= 4 is 49.1 Å². The molecule has 0 aliphatic carbocycles. The molecule has 3 N–H and O–H groups in total. The maximum Gasteiger partial charge on any atom is 0.267 e. The van der Waals surface area contributed by atoms with E-state index < -0.39 is 10.0 Å². The van der Waals surface area contributed by atoms with E-state index in [1.54, 1.807) is 7.05 Å². The number of nitrogen functional groups attached to an aromatic ring is 1. The number of pyridine rings is 1. The normalized spacial score (nSPS) is 11.5. The minimum Gasteiger partial charge on any atom is -0.381 e. The van der Waals surface area contributed by atoms with Gasteiger partial charge in [-0.25, -0.2) is 13.4 Å². The van der Waals surface area contributed by atoms with Crippen molar-refractivity contribution < 1.29 is 8.42 Å². The van der Waals surface area contributed by atoms with Crippen LogP contribution in [0.3, 0.4) is 0 Å². The summed E-state index contributed by atoms with van der Waals surface area (Å²) in [6, 6.07) is 1.50. The van der Waals surface area contributed by atoms with Crippen molar-refractivity contribution in [2.45, 2.75) is 4.90 Å². The Morgan fingerprint density at radius 1 is 1.53 bits per heavy atom. The summed E-state index contributed by atoms with van der Waals surface area (Å²) in [7, 11) is -2.24. The molecule has 2 rings (SSSR count). The Morgan fingerprint density at radius 2 is 2.21 bits per heavy atom. The lowest BCUT2D eigenvalue weighted by Crippen LogP contribution is -2.14. The second kappa shape index (κ2) is 4.99. The van der Waals surface area contributed by atoms with Gasteiger partial charge < -0.3 is 5.73 Å². The van der Waals surface area contributed by atoms with Crippen molar-refractivity contribution in [3.63, 3.8) is 0 Å². The zero-order valence-electron chi connectivity index (χ0n) is 9.63. The van der Waals surface area contributed by atoms with Crippen LogP contribution in [0.5, 0.6) is 0 Å². The average molecular weight is 367 g/mol. The smallest absolute Gasteiger partial charge is 0.267 e. The van der Waals surface area contributed by atoms with Crippen LogP contribution in [0.1, 0.15) is 0 Å². The predicted molar refractivity (Wildman–Crippen MR) is 75.4 cm³/mol. The minimum absolute atomic E-state index is 0.0732. The van der Waals surface area contributed by atoms with E-state index in [0.717, 1.165) is 0 Å². The van der Waals surface area contributed by atoms with E-state index in [-0.39, 0.29) is 21.6 Å². The third-order valence-electron chi connectivity index (χ3n) is 2.16. The van der Waals surface area contributed by atoms with Crippen molar-refractivity contribution in [3.8, 4) is 0 Å². The van der Waals surface area contributed by atoms with E-state index in [9.17, 15) is 8.42 Å². The average Bonchev–Trinajstić information content (AvgIpc) is 2.63. The van der Waals surface area contributed by atoms with E-state index in [4.69, 9.17) is 17.3 Å². The zero-order valence-corrected chi connectivity index (χ0v) is 12.8. The molecule has 0 aliphatic rings. The molecule has 0 saturated carbocycles. The number of halogens is 2. The summed E-state index contributed by atoms with van der Waals surface area (Å²) < 4.78 is 28.4. The SMILES string of the molecule is Cn1cc(S(=O)(=O)Nc2cnc(Cl)c(Br)c2)c(N)n1. The second-order valence-electron chi connectivity index (χ2n) is 3.65. The fraction of sp³-hybridized carbons (Fsp3) is 0.111. The van der Waals surface area contributed by atoms with Crippen molar-refractivity contribution in [2.24, 2.45) is 7.05 Å². The molecule has 0 atom stereocenters. The molecule has 2 heterocycles. The molecule has 0 amide bonds. The Kier molecular flexibility index (Phi) is 3.70. The summed E-state index contributed by atoms with van der Waals surface area (Å²) in [6.45, 7) is 0. The predicted octanol–water partition coefficient (Wildman–Crippen LogP) is 1.61. The molecule has 0 unspecified atom stereocenters. The highest BCUT2D eigenvalue weighted by Gasteiger charge is 2.21. The molecule has 0 saturated heterocycles. The first-order chi connectivity index (χ1) is 8.79. The summed E-state index contributed by atoms with van der Waals surface area (Å²) >= 11 is 8.89. The van der Waals surface area contributed by atoms with Crippen LogP contribution in [0.2, 0.25) is 5.15 Å². The number of anilines is 2. The number of aryl methyl sites for hydroxylation is 1. The van der Waals surface area contributed by atoms with Gasteiger partial charge in [-0.3, -0.25) is 9.40 Å². The molecule has 0 radical (unpaired) electrons. The molecule has 102 valence electrons. The van der Waals surface area contributed by atoms with Crippen LogP contribution in [0.4, 0.5) is 11.5 Å². The second-order valence-corrected chi connectivity index (χ2v) is 6.52. The molecule has 0 aliphatic heterocycles. The van der Waals surface area contributed by atoms with Crippen molar-refractivity contribution in [2.75, 3.05) is 10.5 Å². The topological polar surface area (TPSA) is 103 Å². The first-order valence-corrected chi connectivity index (χ1v) is 7.58. The largest absolute Gasteiger partial charge is 0.381 e. The van der Waals surface area contributed by atoms with Crippen LogP contribution in [-0.2, 0) is 17.1 Å². The lowest BCUT2D eigenvalue weighted by atomic mass is 10.4.